The predicted octanol–water partition coefficient (Wildman–Crippen LogP) is 3.09. The summed E-state index contributed by atoms with van der Waals surface area (Å²) in [7, 11) is -1.87. The molecule has 3 aromatic carbocycles. The first kappa shape index (κ1) is 19.8. The van der Waals surface area contributed by atoms with Crippen molar-refractivity contribution in [2.45, 2.75) is 6.42 Å². The molecular formula is C23H21NO3P-. The van der Waals surface area contributed by atoms with Gasteiger partial charge in [-0.15, -0.1) is 6.42 Å². The van der Waals surface area contributed by atoms with Crippen LogP contribution in [0.2, 0.25) is 0 Å². The smallest absolute Gasteiger partial charge is 0.251 e. The van der Waals surface area contributed by atoms with E-state index in [-0.39, 0.29) is 18.1 Å². The maximum atomic E-state index is 14.6. The van der Waals surface area contributed by atoms with Gasteiger partial charge in [0.2, 0.25) is 0 Å². The molecule has 1 amide bonds. The minimum Gasteiger partial charge on any atom is -0.355 e. The Morgan fingerprint density at radius 2 is 1.43 bits per heavy atom. The molecule has 0 radical (unpaired) electrons. The Morgan fingerprint density at radius 1 is 0.893 bits per heavy atom. The summed E-state index contributed by atoms with van der Waals surface area (Å²) < 4.78 is 14.6. The van der Waals surface area contributed by atoms with Gasteiger partial charge in [0.1, 0.15) is 5.78 Å². The Kier molecular flexibility index (Phi) is 5.91. The number of hydrogen-bond donors (Lipinski definition) is 1. The van der Waals surface area contributed by atoms with Crippen LogP contribution in [-0.4, -0.2) is 18.7 Å². The largest absolute Gasteiger partial charge is 0.355 e. The van der Waals surface area contributed by atoms with Crippen molar-refractivity contribution in [3.05, 3.63) is 96.9 Å². The van der Waals surface area contributed by atoms with Crippen LogP contribution in [0.5, 0.6) is 0 Å². The highest BCUT2D eigenvalue weighted by Gasteiger charge is 2.33. The van der Waals surface area contributed by atoms with Crippen molar-refractivity contribution in [1.82, 2.24) is 5.32 Å². The first-order valence-electron chi connectivity index (χ1n) is 8.92. The average molecular weight is 390 g/mol. The predicted molar refractivity (Wildman–Crippen MR) is 114 cm³/mol. The Hall–Kier alpha value is -2.97. The minimum absolute atomic E-state index is 0.0831. The van der Waals surface area contributed by atoms with Crippen LogP contribution < -0.4 is 21.2 Å². The lowest BCUT2D eigenvalue weighted by molar-refractivity contribution is 0.0960. The fourth-order valence-electron chi connectivity index (χ4n) is 3.14. The molecule has 0 saturated carbocycles. The number of amides is 1. The van der Waals surface area contributed by atoms with E-state index in [1.165, 1.54) is 7.05 Å². The van der Waals surface area contributed by atoms with Gasteiger partial charge in [-0.1, -0.05) is 66.7 Å². The van der Waals surface area contributed by atoms with Crippen molar-refractivity contribution in [1.29, 1.82) is 0 Å². The van der Waals surface area contributed by atoms with Crippen LogP contribution in [0.25, 0.3) is 0 Å². The summed E-state index contributed by atoms with van der Waals surface area (Å²) in [6.45, 7) is 3.65. The molecule has 28 heavy (non-hydrogen) atoms. The molecule has 0 saturated heterocycles. The molecular weight excluding hydrogens is 369 g/mol. The van der Waals surface area contributed by atoms with E-state index in [0.29, 0.717) is 27.0 Å². The van der Waals surface area contributed by atoms with Crippen LogP contribution >= 0.6 is 7.14 Å². The number of benzene rings is 3. The Balaban J connectivity index is 2.38. The standard InChI is InChI=1S/C23H21NO3P/c1-3-21(25)17-14-15-20(23(26)24-2)22(16-17)28(27,18-10-6-4-7-11-18)19-12-8-5-9-13-19/h4-16H,1,3H2,2H3,(H,24,26)/q-1. The number of Topliss-reactive ketones (excluding diaryl/α,β-unsaturated/α-hetero) is 1. The summed E-state index contributed by atoms with van der Waals surface area (Å²) in [5, 5.41) is 4.16. The van der Waals surface area contributed by atoms with Gasteiger partial charge >= 0.3 is 0 Å². The van der Waals surface area contributed by atoms with E-state index in [2.05, 4.69) is 12.2 Å². The lowest BCUT2D eigenvalue weighted by atomic mass is 10.1. The second-order valence-electron chi connectivity index (χ2n) is 6.26. The van der Waals surface area contributed by atoms with E-state index < -0.39 is 7.14 Å². The second kappa shape index (κ2) is 8.37. The zero-order chi connectivity index (χ0) is 20.1. The van der Waals surface area contributed by atoms with Crippen LogP contribution in [0.3, 0.4) is 0 Å². The Labute approximate surface area is 165 Å². The van der Waals surface area contributed by atoms with Gasteiger partial charge in [0.05, 0.1) is 5.56 Å². The van der Waals surface area contributed by atoms with Gasteiger partial charge < -0.3 is 16.8 Å². The number of carbonyl (C=O) groups excluding carboxylic acids is 2. The molecule has 0 atom stereocenters. The lowest BCUT2D eigenvalue weighted by Crippen LogP contribution is -2.32. The van der Waals surface area contributed by atoms with E-state index in [1.54, 1.807) is 42.5 Å². The van der Waals surface area contributed by atoms with Crippen molar-refractivity contribution in [3.8, 4) is 0 Å². The summed E-state index contributed by atoms with van der Waals surface area (Å²) in [5.74, 6) is -0.520. The van der Waals surface area contributed by atoms with Gasteiger partial charge in [-0.25, -0.2) is 0 Å². The third-order valence-electron chi connectivity index (χ3n) is 4.60. The van der Waals surface area contributed by atoms with Gasteiger partial charge in [-0.3, -0.25) is 9.59 Å². The molecule has 3 rings (SSSR count). The monoisotopic (exact) mass is 390 g/mol. The van der Waals surface area contributed by atoms with Crippen molar-refractivity contribution in [2.75, 3.05) is 7.05 Å². The van der Waals surface area contributed by atoms with Crippen LogP contribution in [0.1, 0.15) is 27.1 Å². The third kappa shape index (κ3) is 3.56. The third-order valence-corrected chi connectivity index (χ3v) is 7.70. The van der Waals surface area contributed by atoms with Crippen molar-refractivity contribution < 1.29 is 14.2 Å². The van der Waals surface area contributed by atoms with Gasteiger partial charge in [0.15, 0.2) is 7.14 Å². The highest BCUT2D eigenvalue weighted by atomic mass is 31.2. The number of ketones is 1. The molecule has 0 aromatic heterocycles. The zero-order valence-corrected chi connectivity index (χ0v) is 16.5. The van der Waals surface area contributed by atoms with Crippen molar-refractivity contribution in [2.24, 2.45) is 0 Å². The Morgan fingerprint density at radius 3 is 1.89 bits per heavy atom. The van der Waals surface area contributed by atoms with E-state index >= 15 is 0 Å². The highest BCUT2D eigenvalue weighted by molar-refractivity contribution is 7.85. The average Bonchev–Trinajstić information content (AvgIpc) is 2.78. The van der Waals surface area contributed by atoms with Gasteiger partial charge in [-0.2, -0.15) is 0 Å². The maximum Gasteiger partial charge on any atom is 0.251 e. The van der Waals surface area contributed by atoms with E-state index in [1.807, 2.05) is 36.4 Å². The van der Waals surface area contributed by atoms with E-state index in [9.17, 15) is 14.2 Å². The van der Waals surface area contributed by atoms with Crippen LogP contribution in [0.15, 0.2) is 78.9 Å². The molecule has 0 heterocycles. The van der Waals surface area contributed by atoms with E-state index in [4.69, 9.17) is 0 Å². The SMILES string of the molecule is [CH2-]CC(=O)c1ccc(C(=O)NC)c(P(=O)(c2ccccc2)c2ccccc2)c1. The van der Waals surface area contributed by atoms with Crippen molar-refractivity contribution in [3.63, 3.8) is 0 Å². The summed E-state index contributed by atoms with van der Waals surface area (Å²) >= 11 is 0. The number of hydrogen-bond acceptors (Lipinski definition) is 3. The molecule has 0 fully saturated rings. The molecule has 5 heteroatoms. The maximum absolute atomic E-state index is 14.6. The van der Waals surface area contributed by atoms with Gasteiger partial charge in [-0.05, 0) is 12.1 Å². The molecule has 142 valence electrons. The molecule has 4 nitrogen and oxygen atoms in total. The quantitative estimate of drug-likeness (QED) is 0.400. The molecule has 3 aromatic rings. The van der Waals surface area contributed by atoms with Crippen LogP contribution in [-0.2, 0) is 4.57 Å². The fourth-order valence-corrected chi connectivity index (χ4v) is 6.01. The molecule has 0 aliphatic heterocycles. The fraction of sp³-hybridized carbons (Fsp3) is 0.0870. The number of carbonyl (C=O) groups is 2. The molecule has 1 N–H and O–H groups in total. The highest BCUT2D eigenvalue weighted by Crippen LogP contribution is 2.43. The molecule has 0 bridgehead atoms. The first-order chi connectivity index (χ1) is 13.5. The molecule has 0 aliphatic rings. The van der Waals surface area contributed by atoms with Crippen LogP contribution in [0, 0.1) is 6.92 Å². The summed E-state index contributed by atoms with van der Waals surface area (Å²) in [5.41, 5.74) is 0.684. The van der Waals surface area contributed by atoms with Gasteiger partial charge in [0.25, 0.3) is 5.91 Å². The van der Waals surface area contributed by atoms with E-state index in [0.717, 1.165) is 0 Å². The van der Waals surface area contributed by atoms with Crippen molar-refractivity contribution >= 4 is 34.7 Å². The zero-order valence-electron chi connectivity index (χ0n) is 15.6. The lowest BCUT2D eigenvalue weighted by Gasteiger charge is -2.23. The summed E-state index contributed by atoms with van der Waals surface area (Å²) in [6.07, 6.45) is 0.0831. The number of nitrogens with one attached hydrogen (secondary N) is 1. The number of rotatable bonds is 6. The second-order valence-corrected chi connectivity index (χ2v) is 9.00. The summed E-state index contributed by atoms with van der Waals surface area (Å²) in [6, 6.07) is 22.8. The molecule has 0 aliphatic carbocycles. The minimum atomic E-state index is -3.39. The first-order valence-corrected chi connectivity index (χ1v) is 10.6. The van der Waals surface area contributed by atoms with Crippen LogP contribution in [0.4, 0.5) is 0 Å². The molecule has 0 unspecified atom stereocenters. The molecule has 0 spiro atoms. The topological polar surface area (TPSA) is 63.2 Å². The normalized spacial score (nSPS) is 11.1. The van der Waals surface area contributed by atoms with Gasteiger partial charge in [0, 0.05) is 28.5 Å². The summed E-state index contributed by atoms with van der Waals surface area (Å²) in [4.78, 5) is 24.8. The Bertz CT molecular complexity index is 1000.